The van der Waals surface area contributed by atoms with E-state index in [1.165, 1.54) is 0 Å². The quantitative estimate of drug-likeness (QED) is 0.698. The second kappa shape index (κ2) is 7.40. The number of rotatable bonds is 7. The largest absolute Gasteiger partial charge is 0.501 e. The van der Waals surface area contributed by atoms with Gasteiger partial charge in [-0.15, -0.1) is 0 Å². The van der Waals surface area contributed by atoms with E-state index in [1.54, 1.807) is 0 Å². The molecule has 0 aromatic carbocycles. The fraction of sp³-hybridized carbons (Fsp3) is 1.00. The molecule has 1 unspecified atom stereocenters. The van der Waals surface area contributed by atoms with Crippen LogP contribution >= 0.6 is 0 Å². The summed E-state index contributed by atoms with van der Waals surface area (Å²) < 4.78 is 17.7. The van der Waals surface area contributed by atoms with Crippen LogP contribution in [0.2, 0.25) is 6.04 Å². The van der Waals surface area contributed by atoms with Gasteiger partial charge in [0.05, 0.1) is 0 Å². The van der Waals surface area contributed by atoms with Crippen LogP contribution in [0.1, 0.15) is 39.5 Å². The first-order valence-corrected chi connectivity index (χ1v) is 8.35. The summed E-state index contributed by atoms with van der Waals surface area (Å²) in [6, 6.07) is 0.966. The SMILES string of the molecule is CCO[Si]1(OCC)CCCC(CCCN)O1. The molecule has 0 aliphatic carbocycles. The third-order valence-electron chi connectivity index (χ3n) is 2.81. The van der Waals surface area contributed by atoms with E-state index in [1.807, 2.05) is 13.8 Å². The van der Waals surface area contributed by atoms with Crippen molar-refractivity contribution in [3.05, 3.63) is 0 Å². The zero-order valence-corrected chi connectivity index (χ0v) is 11.5. The van der Waals surface area contributed by atoms with Gasteiger partial charge in [0.25, 0.3) is 0 Å². The summed E-state index contributed by atoms with van der Waals surface area (Å²) in [6.45, 7) is 6.09. The second-order valence-electron chi connectivity index (χ2n) is 4.11. The molecule has 1 rings (SSSR count). The van der Waals surface area contributed by atoms with Gasteiger partial charge in [-0.2, -0.15) is 0 Å². The van der Waals surface area contributed by atoms with Crippen molar-refractivity contribution in [2.24, 2.45) is 5.73 Å². The molecular formula is C11H25NO3Si. The lowest BCUT2D eigenvalue weighted by Crippen LogP contribution is -2.51. The Kier molecular flexibility index (Phi) is 6.53. The molecule has 0 spiro atoms. The molecule has 96 valence electrons. The lowest BCUT2D eigenvalue weighted by molar-refractivity contribution is 0.0100. The molecule has 1 fully saturated rings. The van der Waals surface area contributed by atoms with Gasteiger partial charge in [-0.05, 0) is 46.1 Å². The highest BCUT2D eigenvalue weighted by atomic mass is 28.4. The zero-order valence-electron chi connectivity index (χ0n) is 10.5. The molecule has 5 heteroatoms. The van der Waals surface area contributed by atoms with Gasteiger partial charge in [0.15, 0.2) is 0 Å². The van der Waals surface area contributed by atoms with Crippen molar-refractivity contribution in [1.82, 2.24) is 0 Å². The van der Waals surface area contributed by atoms with Crippen LogP contribution in [0.15, 0.2) is 0 Å². The van der Waals surface area contributed by atoms with Crippen LogP contribution in [-0.4, -0.2) is 34.7 Å². The Labute approximate surface area is 99.8 Å². The van der Waals surface area contributed by atoms with E-state index in [-0.39, 0.29) is 0 Å². The smallest absolute Gasteiger partial charge is 0.374 e. The standard InChI is InChI=1S/C11H25NO3Si/c1-3-13-16(14-4-2)10-6-8-11(15-16)7-5-9-12/h11H,3-10,12H2,1-2H3. The number of hydrogen-bond acceptors (Lipinski definition) is 4. The van der Waals surface area contributed by atoms with E-state index < -0.39 is 8.80 Å². The Morgan fingerprint density at radius 1 is 1.31 bits per heavy atom. The highest BCUT2D eigenvalue weighted by Crippen LogP contribution is 2.29. The summed E-state index contributed by atoms with van der Waals surface area (Å²) in [7, 11) is -2.34. The summed E-state index contributed by atoms with van der Waals surface area (Å²) in [4.78, 5) is 0. The summed E-state index contributed by atoms with van der Waals surface area (Å²) in [6.07, 6.45) is 4.62. The molecule has 0 aromatic heterocycles. The topological polar surface area (TPSA) is 53.7 Å². The minimum atomic E-state index is -2.34. The summed E-state index contributed by atoms with van der Waals surface area (Å²) >= 11 is 0. The first-order valence-electron chi connectivity index (χ1n) is 6.42. The maximum Gasteiger partial charge on any atom is 0.501 e. The van der Waals surface area contributed by atoms with E-state index >= 15 is 0 Å². The fourth-order valence-electron chi connectivity index (χ4n) is 2.16. The van der Waals surface area contributed by atoms with Crippen molar-refractivity contribution in [2.45, 2.75) is 51.7 Å². The molecule has 0 amide bonds. The van der Waals surface area contributed by atoms with Crippen LogP contribution in [0, 0.1) is 0 Å². The molecule has 0 saturated carbocycles. The van der Waals surface area contributed by atoms with Crippen molar-refractivity contribution in [2.75, 3.05) is 19.8 Å². The van der Waals surface area contributed by atoms with Crippen LogP contribution in [0.25, 0.3) is 0 Å². The molecule has 1 aliphatic rings. The minimum Gasteiger partial charge on any atom is -0.374 e. The number of hydrogen-bond donors (Lipinski definition) is 1. The van der Waals surface area contributed by atoms with Crippen molar-refractivity contribution in [3.8, 4) is 0 Å². The fourth-order valence-corrected chi connectivity index (χ4v) is 5.05. The van der Waals surface area contributed by atoms with E-state index in [0.29, 0.717) is 19.3 Å². The highest BCUT2D eigenvalue weighted by molar-refractivity contribution is 6.60. The molecule has 0 radical (unpaired) electrons. The highest BCUT2D eigenvalue weighted by Gasteiger charge is 2.45. The molecule has 1 heterocycles. The van der Waals surface area contributed by atoms with Gasteiger partial charge in [0.2, 0.25) is 0 Å². The van der Waals surface area contributed by atoms with Crippen LogP contribution in [-0.2, 0) is 13.3 Å². The second-order valence-corrected chi connectivity index (χ2v) is 6.79. The average molecular weight is 247 g/mol. The van der Waals surface area contributed by atoms with E-state index in [0.717, 1.165) is 38.3 Å². The van der Waals surface area contributed by atoms with Gasteiger partial charge in [0, 0.05) is 25.4 Å². The molecule has 4 nitrogen and oxygen atoms in total. The van der Waals surface area contributed by atoms with Gasteiger partial charge in [-0.25, -0.2) is 0 Å². The molecule has 1 aliphatic heterocycles. The van der Waals surface area contributed by atoms with Crippen LogP contribution < -0.4 is 5.73 Å². The van der Waals surface area contributed by atoms with Gasteiger partial charge < -0.3 is 19.0 Å². The molecular weight excluding hydrogens is 222 g/mol. The van der Waals surface area contributed by atoms with E-state index in [2.05, 4.69) is 0 Å². The predicted octanol–water partition coefficient (Wildman–Crippen LogP) is 1.92. The molecule has 2 N–H and O–H groups in total. The maximum atomic E-state index is 6.10. The molecule has 0 aromatic rings. The Bertz CT molecular complexity index is 181. The van der Waals surface area contributed by atoms with Crippen LogP contribution in [0.5, 0.6) is 0 Å². The number of nitrogens with two attached hydrogens (primary N) is 1. The Balaban J connectivity index is 2.48. The normalized spacial score (nSPS) is 24.6. The van der Waals surface area contributed by atoms with Crippen LogP contribution in [0.3, 0.4) is 0 Å². The Hall–Kier alpha value is 0.0569. The third kappa shape index (κ3) is 4.14. The van der Waals surface area contributed by atoms with Gasteiger partial charge in [-0.3, -0.25) is 0 Å². The van der Waals surface area contributed by atoms with Gasteiger partial charge in [-0.1, -0.05) is 0 Å². The van der Waals surface area contributed by atoms with E-state index in [4.69, 9.17) is 19.0 Å². The van der Waals surface area contributed by atoms with Crippen molar-refractivity contribution < 1.29 is 13.3 Å². The van der Waals surface area contributed by atoms with Crippen molar-refractivity contribution in [1.29, 1.82) is 0 Å². The monoisotopic (exact) mass is 247 g/mol. The Morgan fingerprint density at radius 3 is 2.56 bits per heavy atom. The lowest BCUT2D eigenvalue weighted by atomic mass is 10.1. The third-order valence-corrected chi connectivity index (χ3v) is 5.93. The zero-order chi connectivity index (χ0) is 11.9. The molecule has 1 saturated heterocycles. The predicted molar refractivity (Wildman–Crippen MR) is 66.2 cm³/mol. The van der Waals surface area contributed by atoms with Crippen LogP contribution in [0.4, 0.5) is 0 Å². The van der Waals surface area contributed by atoms with Gasteiger partial charge in [0.1, 0.15) is 0 Å². The van der Waals surface area contributed by atoms with Gasteiger partial charge >= 0.3 is 8.80 Å². The summed E-state index contributed by atoms with van der Waals surface area (Å²) in [5.74, 6) is 0. The summed E-state index contributed by atoms with van der Waals surface area (Å²) in [5, 5.41) is 0. The Morgan fingerprint density at radius 2 is 2.00 bits per heavy atom. The van der Waals surface area contributed by atoms with Crippen molar-refractivity contribution in [3.63, 3.8) is 0 Å². The molecule has 0 bridgehead atoms. The first-order chi connectivity index (χ1) is 7.76. The summed E-state index contributed by atoms with van der Waals surface area (Å²) in [5.41, 5.74) is 5.52. The maximum absolute atomic E-state index is 6.10. The van der Waals surface area contributed by atoms with Crippen molar-refractivity contribution >= 4 is 8.80 Å². The average Bonchev–Trinajstić information content (AvgIpc) is 2.27. The van der Waals surface area contributed by atoms with E-state index in [9.17, 15) is 0 Å². The lowest BCUT2D eigenvalue weighted by Gasteiger charge is -2.37. The molecule has 16 heavy (non-hydrogen) atoms. The minimum absolute atomic E-state index is 0.294. The first kappa shape index (κ1) is 14.1. The molecule has 1 atom stereocenters.